The van der Waals surface area contributed by atoms with Crippen LogP contribution in [0.1, 0.15) is 12.8 Å². The third-order valence-electron chi connectivity index (χ3n) is 4.66. The van der Waals surface area contributed by atoms with Gasteiger partial charge in [-0.05, 0) is 49.2 Å². The summed E-state index contributed by atoms with van der Waals surface area (Å²) in [5.41, 5.74) is 1.26. The zero-order valence-corrected chi connectivity index (χ0v) is 15.5. The van der Waals surface area contributed by atoms with Gasteiger partial charge in [0, 0.05) is 30.0 Å². The van der Waals surface area contributed by atoms with E-state index in [0.717, 1.165) is 18.5 Å². The highest BCUT2D eigenvalue weighted by Gasteiger charge is 2.38. The van der Waals surface area contributed by atoms with Crippen LogP contribution in [0.2, 0.25) is 5.02 Å². The van der Waals surface area contributed by atoms with Crippen molar-refractivity contribution in [3.05, 3.63) is 64.7 Å². The van der Waals surface area contributed by atoms with Crippen LogP contribution in [-0.2, 0) is 14.6 Å². The second-order valence-corrected chi connectivity index (χ2v) is 8.63. The van der Waals surface area contributed by atoms with E-state index < -0.39 is 15.7 Å². The molecule has 0 aliphatic carbocycles. The molecule has 7 heteroatoms. The van der Waals surface area contributed by atoms with Crippen LogP contribution in [0.25, 0.3) is 0 Å². The van der Waals surface area contributed by atoms with Crippen molar-refractivity contribution in [1.82, 2.24) is 4.90 Å². The molecule has 0 saturated carbocycles. The molecule has 26 heavy (non-hydrogen) atoms. The number of anilines is 2. The zero-order valence-electron chi connectivity index (χ0n) is 13.9. The molecular formula is C19H17ClN2O3S. The Kier molecular flexibility index (Phi) is 4.25. The van der Waals surface area contributed by atoms with E-state index in [9.17, 15) is 13.2 Å². The fourth-order valence-corrected chi connectivity index (χ4v) is 4.99. The van der Waals surface area contributed by atoms with Gasteiger partial charge in [0.25, 0.3) is 5.91 Å². The molecule has 1 amide bonds. The van der Waals surface area contributed by atoms with E-state index in [2.05, 4.69) is 0 Å². The maximum absolute atomic E-state index is 13.1. The maximum Gasteiger partial charge on any atom is 0.267 e. The van der Waals surface area contributed by atoms with Gasteiger partial charge >= 0.3 is 0 Å². The number of carbonyl (C=O) groups is 1. The van der Waals surface area contributed by atoms with E-state index in [0.29, 0.717) is 23.8 Å². The van der Waals surface area contributed by atoms with E-state index in [-0.39, 0.29) is 9.80 Å². The topological polar surface area (TPSA) is 57.7 Å². The number of hydrogen-bond donors (Lipinski definition) is 0. The molecule has 134 valence electrons. The number of benzene rings is 2. The van der Waals surface area contributed by atoms with Crippen LogP contribution in [0.5, 0.6) is 0 Å². The second-order valence-electron chi connectivity index (χ2n) is 6.31. The molecule has 0 atom stereocenters. The van der Waals surface area contributed by atoms with Gasteiger partial charge in [0.2, 0.25) is 9.84 Å². The highest BCUT2D eigenvalue weighted by atomic mass is 35.5. The van der Waals surface area contributed by atoms with E-state index in [1.54, 1.807) is 52.3 Å². The van der Waals surface area contributed by atoms with Crippen LogP contribution in [0.15, 0.2) is 64.5 Å². The molecule has 1 saturated heterocycles. The first-order valence-corrected chi connectivity index (χ1v) is 10.2. The van der Waals surface area contributed by atoms with Crippen molar-refractivity contribution in [1.29, 1.82) is 0 Å². The number of sulfone groups is 1. The molecule has 0 unspecified atom stereocenters. The Bertz CT molecular complexity index is 994. The lowest BCUT2D eigenvalue weighted by Crippen LogP contribution is -2.35. The van der Waals surface area contributed by atoms with Crippen LogP contribution < -0.4 is 4.90 Å². The molecule has 0 spiro atoms. The number of halogens is 1. The number of carbonyl (C=O) groups excluding carboxylic acids is 1. The highest BCUT2D eigenvalue weighted by molar-refractivity contribution is 7.96. The van der Waals surface area contributed by atoms with Gasteiger partial charge in [-0.25, -0.2) is 8.42 Å². The summed E-state index contributed by atoms with van der Waals surface area (Å²) < 4.78 is 26.1. The fourth-order valence-electron chi connectivity index (χ4n) is 3.32. The minimum Gasteiger partial charge on any atom is -0.338 e. The summed E-state index contributed by atoms with van der Waals surface area (Å²) in [4.78, 5) is 16.2. The molecule has 0 N–H and O–H groups in total. The van der Waals surface area contributed by atoms with Crippen molar-refractivity contribution in [2.75, 3.05) is 18.0 Å². The van der Waals surface area contributed by atoms with Crippen molar-refractivity contribution in [2.24, 2.45) is 0 Å². The molecule has 0 radical (unpaired) electrons. The van der Waals surface area contributed by atoms with E-state index in [1.165, 1.54) is 12.3 Å². The van der Waals surface area contributed by atoms with Crippen LogP contribution in [-0.4, -0.2) is 32.3 Å². The monoisotopic (exact) mass is 388 g/mol. The van der Waals surface area contributed by atoms with Crippen molar-refractivity contribution in [3.8, 4) is 0 Å². The predicted molar refractivity (Wildman–Crippen MR) is 101 cm³/mol. The normalized spacial score (nSPS) is 18.4. The van der Waals surface area contributed by atoms with Gasteiger partial charge in [0.1, 0.15) is 0 Å². The molecule has 1 fully saturated rings. The Hall–Kier alpha value is -2.31. The largest absolute Gasteiger partial charge is 0.338 e. The van der Waals surface area contributed by atoms with E-state index in [4.69, 9.17) is 11.6 Å². The summed E-state index contributed by atoms with van der Waals surface area (Å²) in [6, 6.07) is 13.8. The molecule has 5 nitrogen and oxygen atoms in total. The van der Waals surface area contributed by atoms with Gasteiger partial charge in [-0.3, -0.25) is 4.79 Å². The molecule has 0 aromatic heterocycles. The van der Waals surface area contributed by atoms with Gasteiger partial charge in [-0.15, -0.1) is 0 Å². The summed E-state index contributed by atoms with van der Waals surface area (Å²) in [5.74, 6) is -0.434. The van der Waals surface area contributed by atoms with Crippen LogP contribution in [0, 0.1) is 0 Å². The fraction of sp³-hybridized carbons (Fsp3) is 0.211. The molecular weight excluding hydrogens is 372 g/mol. The van der Waals surface area contributed by atoms with Crippen LogP contribution in [0.4, 0.5) is 11.4 Å². The third-order valence-corrected chi connectivity index (χ3v) is 6.69. The summed E-state index contributed by atoms with van der Waals surface area (Å²) in [7, 11) is -3.87. The first-order chi connectivity index (χ1) is 12.5. The second kappa shape index (κ2) is 6.45. The van der Waals surface area contributed by atoms with Crippen molar-refractivity contribution < 1.29 is 13.2 Å². The Morgan fingerprint density at radius 2 is 1.62 bits per heavy atom. The Morgan fingerprint density at radius 3 is 2.31 bits per heavy atom. The molecule has 2 aliphatic rings. The van der Waals surface area contributed by atoms with Crippen LogP contribution in [0.3, 0.4) is 0 Å². The van der Waals surface area contributed by atoms with Gasteiger partial charge < -0.3 is 9.80 Å². The SMILES string of the molecule is O=C(C1=CN(c2ccc(Cl)cc2)c2ccccc2S1(=O)=O)N1CCCC1. The summed E-state index contributed by atoms with van der Waals surface area (Å²) >= 11 is 5.97. The lowest BCUT2D eigenvalue weighted by Gasteiger charge is -2.30. The highest BCUT2D eigenvalue weighted by Crippen LogP contribution is 2.40. The molecule has 4 rings (SSSR count). The Balaban J connectivity index is 1.87. The number of hydrogen-bond acceptors (Lipinski definition) is 4. The molecule has 2 aromatic rings. The summed E-state index contributed by atoms with van der Waals surface area (Å²) in [6.07, 6.45) is 3.23. The van der Waals surface area contributed by atoms with Crippen molar-refractivity contribution in [2.45, 2.75) is 17.7 Å². The lowest BCUT2D eigenvalue weighted by atomic mass is 10.2. The first kappa shape index (κ1) is 17.1. The van der Waals surface area contributed by atoms with Gasteiger partial charge in [-0.1, -0.05) is 23.7 Å². The number of amides is 1. The molecule has 2 aliphatic heterocycles. The van der Waals surface area contributed by atoms with Crippen LogP contribution >= 0.6 is 11.6 Å². The Labute approximate surface area is 157 Å². The number of likely N-dealkylation sites (tertiary alicyclic amines) is 1. The van der Waals surface area contributed by atoms with Gasteiger partial charge in [0.15, 0.2) is 4.91 Å². The first-order valence-electron chi connectivity index (χ1n) is 8.38. The Morgan fingerprint density at radius 1 is 0.962 bits per heavy atom. The maximum atomic E-state index is 13.1. The molecule has 2 heterocycles. The number of rotatable bonds is 2. The van der Waals surface area contributed by atoms with Gasteiger partial charge in [-0.2, -0.15) is 0 Å². The number of nitrogens with zero attached hydrogens (tertiary/aromatic N) is 2. The quantitative estimate of drug-likeness (QED) is 0.786. The minimum atomic E-state index is -3.87. The van der Waals surface area contributed by atoms with E-state index in [1.807, 2.05) is 0 Å². The molecule has 2 aromatic carbocycles. The van der Waals surface area contributed by atoms with Crippen molar-refractivity contribution in [3.63, 3.8) is 0 Å². The minimum absolute atomic E-state index is 0.139. The predicted octanol–water partition coefficient (Wildman–Crippen LogP) is 3.73. The standard InChI is InChI=1S/C19H17ClN2O3S/c20-14-7-9-15(10-8-14)22-13-18(19(23)21-11-3-4-12-21)26(24,25)17-6-2-1-5-16(17)22/h1-2,5-10,13H,3-4,11-12H2. The average Bonchev–Trinajstić information content (AvgIpc) is 3.17. The third kappa shape index (κ3) is 2.79. The van der Waals surface area contributed by atoms with Gasteiger partial charge in [0.05, 0.1) is 10.6 Å². The number of fused-ring (bicyclic) bond motifs is 1. The number of para-hydroxylation sites is 1. The molecule has 0 bridgehead atoms. The smallest absolute Gasteiger partial charge is 0.267 e. The van der Waals surface area contributed by atoms with E-state index >= 15 is 0 Å². The van der Waals surface area contributed by atoms with Crippen molar-refractivity contribution >= 4 is 38.7 Å². The summed E-state index contributed by atoms with van der Waals surface area (Å²) in [6.45, 7) is 1.18. The summed E-state index contributed by atoms with van der Waals surface area (Å²) in [5, 5.41) is 0.587. The lowest BCUT2D eigenvalue weighted by molar-refractivity contribution is -0.125. The average molecular weight is 389 g/mol. The zero-order chi connectivity index (χ0) is 18.3.